The van der Waals surface area contributed by atoms with E-state index in [-0.39, 0.29) is 32.3 Å². The van der Waals surface area contributed by atoms with Crippen LogP contribution in [0.4, 0.5) is 13.2 Å². The van der Waals surface area contributed by atoms with Crippen LogP contribution in [0.2, 0.25) is 10.2 Å². The average Bonchev–Trinajstić information content (AvgIpc) is 3.12. The monoisotopic (exact) mass is 424 g/mol. The van der Waals surface area contributed by atoms with Crippen LogP contribution in [0.1, 0.15) is 18.7 Å². The highest BCUT2D eigenvalue weighted by atomic mass is 35.5. The van der Waals surface area contributed by atoms with Gasteiger partial charge in [-0.25, -0.2) is 14.1 Å². The summed E-state index contributed by atoms with van der Waals surface area (Å²) in [6.07, 6.45) is 1.60. The molecule has 3 aromatic rings. The third-order valence-electron chi connectivity index (χ3n) is 4.35. The summed E-state index contributed by atoms with van der Waals surface area (Å²) in [6.45, 7) is 0.936. The van der Waals surface area contributed by atoms with Crippen molar-refractivity contribution in [1.82, 2.24) is 19.3 Å². The van der Waals surface area contributed by atoms with Gasteiger partial charge in [0.25, 0.3) is 5.56 Å². The molecule has 0 bridgehead atoms. The number of hydrogen-bond donors (Lipinski definition) is 1. The molecule has 4 rings (SSSR count). The minimum atomic E-state index is -3.81. The Hall–Kier alpha value is -1.64. The summed E-state index contributed by atoms with van der Waals surface area (Å²) in [6, 6.07) is 0.910. The lowest BCUT2D eigenvalue weighted by Crippen LogP contribution is -2.27. The summed E-state index contributed by atoms with van der Waals surface area (Å²) in [4.78, 5) is 18.7. The average molecular weight is 426 g/mol. The molecule has 3 heterocycles. The molecular weight excluding hydrogens is 416 g/mol. The summed E-state index contributed by atoms with van der Waals surface area (Å²) in [5, 5.41) is -3.97. The van der Waals surface area contributed by atoms with Crippen LogP contribution in [0.15, 0.2) is 10.9 Å². The second-order valence-corrected chi connectivity index (χ2v) is 7.19. The van der Waals surface area contributed by atoms with Gasteiger partial charge in [0.2, 0.25) is 0 Å². The van der Waals surface area contributed by atoms with Gasteiger partial charge in [-0.3, -0.25) is 9.48 Å². The molecule has 1 aromatic carbocycles. The number of fused-ring (bicyclic) bond motifs is 2. The van der Waals surface area contributed by atoms with Gasteiger partial charge >= 0.3 is 5.38 Å². The number of alkyl halides is 3. The summed E-state index contributed by atoms with van der Waals surface area (Å²) in [5.74, 6) is -1.78. The molecule has 1 aliphatic rings. The summed E-state index contributed by atoms with van der Waals surface area (Å²) >= 11 is 17.3. The van der Waals surface area contributed by atoms with Crippen LogP contribution in [0, 0.1) is 5.82 Å². The van der Waals surface area contributed by atoms with Crippen LogP contribution >= 0.6 is 34.8 Å². The van der Waals surface area contributed by atoms with Gasteiger partial charge in [-0.1, -0.05) is 23.2 Å². The number of nitrogens with zero attached hydrogens (tertiary/aromatic N) is 3. The molecule has 1 aliphatic heterocycles. The lowest BCUT2D eigenvalue weighted by Gasteiger charge is -2.17. The maximum Gasteiger partial charge on any atom is 0.379 e. The molecule has 0 aliphatic carbocycles. The van der Waals surface area contributed by atoms with Crippen molar-refractivity contribution in [2.45, 2.75) is 31.3 Å². The molecule has 0 unspecified atom stereocenters. The first-order chi connectivity index (χ1) is 12.2. The highest BCUT2D eigenvalue weighted by Gasteiger charge is 2.34. The second-order valence-electron chi connectivity index (χ2n) is 5.95. The summed E-state index contributed by atoms with van der Waals surface area (Å²) < 4.78 is 44.6. The maximum atomic E-state index is 14.7. The van der Waals surface area contributed by atoms with Crippen molar-refractivity contribution >= 4 is 45.8 Å². The zero-order valence-electron chi connectivity index (χ0n) is 12.9. The normalized spacial score (nSPS) is 14.8. The standard InChI is InChI=1S/C15H10Cl3F3N4O/c16-6-5-7(19)8(11-10(6)22-14(23-11)15(18,20)21)9-12(17)24-3-1-2-4-25(24)13(9)26/h5H,1-4H2,(H,22,23). The van der Waals surface area contributed by atoms with Gasteiger partial charge < -0.3 is 4.98 Å². The fraction of sp³-hybridized carbons (Fsp3) is 0.333. The number of halogens is 6. The fourth-order valence-corrected chi connectivity index (χ4v) is 3.89. The number of imidazole rings is 1. The predicted octanol–water partition coefficient (Wildman–Crippen LogP) is 4.72. The van der Waals surface area contributed by atoms with Crippen LogP contribution < -0.4 is 5.56 Å². The van der Waals surface area contributed by atoms with Gasteiger partial charge in [0.1, 0.15) is 16.5 Å². The Morgan fingerprint density at radius 2 is 1.81 bits per heavy atom. The molecule has 2 aromatic heterocycles. The first-order valence-electron chi connectivity index (χ1n) is 7.64. The molecule has 0 saturated carbocycles. The minimum absolute atomic E-state index is 0.0333. The number of rotatable bonds is 2. The summed E-state index contributed by atoms with van der Waals surface area (Å²) in [7, 11) is 0. The van der Waals surface area contributed by atoms with Crippen molar-refractivity contribution in [2.24, 2.45) is 0 Å². The zero-order valence-corrected chi connectivity index (χ0v) is 15.2. The first kappa shape index (κ1) is 17.8. The minimum Gasteiger partial charge on any atom is -0.335 e. The van der Waals surface area contributed by atoms with Crippen molar-refractivity contribution in [3.63, 3.8) is 0 Å². The summed E-state index contributed by atoms with van der Waals surface area (Å²) in [5.41, 5.74) is -1.17. The quantitative estimate of drug-likeness (QED) is 0.604. The number of benzene rings is 1. The van der Waals surface area contributed by atoms with Crippen molar-refractivity contribution in [2.75, 3.05) is 0 Å². The van der Waals surface area contributed by atoms with Crippen LogP contribution in [-0.2, 0) is 18.5 Å². The lowest BCUT2D eigenvalue weighted by atomic mass is 10.1. The lowest BCUT2D eigenvalue weighted by molar-refractivity contribution is 0.0859. The molecular formula is C15H10Cl3F3N4O. The van der Waals surface area contributed by atoms with Gasteiger partial charge in [-0.2, -0.15) is 8.78 Å². The van der Waals surface area contributed by atoms with E-state index in [1.807, 2.05) is 0 Å². The third-order valence-corrected chi connectivity index (χ3v) is 5.20. The van der Waals surface area contributed by atoms with Crippen molar-refractivity contribution in [1.29, 1.82) is 0 Å². The smallest absolute Gasteiger partial charge is 0.335 e. The number of aromatic amines is 1. The van der Waals surface area contributed by atoms with Crippen LogP contribution in [-0.4, -0.2) is 19.3 Å². The van der Waals surface area contributed by atoms with E-state index < -0.39 is 22.6 Å². The third kappa shape index (κ3) is 2.54. The van der Waals surface area contributed by atoms with Crippen LogP contribution in [0.5, 0.6) is 0 Å². The number of H-pyrrole nitrogens is 1. The Kier molecular flexibility index (Phi) is 4.05. The first-order valence-corrected chi connectivity index (χ1v) is 8.78. The van der Waals surface area contributed by atoms with Gasteiger partial charge in [0.15, 0.2) is 5.82 Å². The van der Waals surface area contributed by atoms with Gasteiger partial charge in [0.05, 0.1) is 21.7 Å². The van der Waals surface area contributed by atoms with Gasteiger partial charge in [-0.15, -0.1) is 0 Å². The van der Waals surface area contributed by atoms with E-state index in [4.69, 9.17) is 34.8 Å². The van der Waals surface area contributed by atoms with Crippen molar-refractivity contribution < 1.29 is 13.2 Å². The SMILES string of the molecule is O=c1c(-c2c(F)cc(Cl)c3nc(C(F)(F)Cl)[nH]c23)c(Cl)n2n1CCCC2. The Morgan fingerprint density at radius 1 is 1.15 bits per heavy atom. The van der Waals surface area contributed by atoms with Gasteiger partial charge in [0, 0.05) is 13.1 Å². The molecule has 1 N–H and O–H groups in total. The van der Waals surface area contributed by atoms with Crippen LogP contribution in [0.25, 0.3) is 22.2 Å². The van der Waals surface area contributed by atoms with Crippen molar-refractivity contribution in [3.8, 4) is 11.1 Å². The van der Waals surface area contributed by atoms with E-state index in [1.54, 1.807) is 4.68 Å². The Balaban J connectivity index is 2.09. The van der Waals surface area contributed by atoms with Crippen molar-refractivity contribution in [3.05, 3.63) is 38.2 Å². The van der Waals surface area contributed by atoms with E-state index in [9.17, 15) is 18.0 Å². The van der Waals surface area contributed by atoms with E-state index >= 15 is 0 Å². The van der Waals surface area contributed by atoms with E-state index in [0.29, 0.717) is 13.1 Å². The number of nitrogens with one attached hydrogen (secondary N) is 1. The van der Waals surface area contributed by atoms with Crippen LogP contribution in [0.3, 0.4) is 0 Å². The van der Waals surface area contributed by atoms with E-state index in [0.717, 1.165) is 18.9 Å². The Bertz CT molecular complexity index is 1100. The molecule has 0 atom stereocenters. The van der Waals surface area contributed by atoms with Gasteiger partial charge in [-0.05, 0) is 30.5 Å². The number of aromatic nitrogens is 4. The highest BCUT2D eigenvalue weighted by molar-refractivity contribution is 6.36. The maximum absolute atomic E-state index is 14.7. The highest BCUT2D eigenvalue weighted by Crippen LogP contribution is 2.39. The second kappa shape index (κ2) is 5.94. The largest absolute Gasteiger partial charge is 0.379 e. The fourth-order valence-electron chi connectivity index (χ4n) is 3.21. The molecule has 0 saturated heterocycles. The molecule has 5 nitrogen and oxygen atoms in total. The molecule has 138 valence electrons. The molecule has 0 radical (unpaired) electrons. The van der Waals surface area contributed by atoms with E-state index in [1.165, 1.54) is 4.68 Å². The Labute approximate surface area is 159 Å². The molecule has 11 heteroatoms. The topological polar surface area (TPSA) is 55.6 Å². The molecule has 26 heavy (non-hydrogen) atoms. The van der Waals surface area contributed by atoms with E-state index in [2.05, 4.69) is 9.97 Å². The zero-order chi connectivity index (χ0) is 18.8. The predicted molar refractivity (Wildman–Crippen MR) is 92.7 cm³/mol. The number of hydrogen-bond acceptors (Lipinski definition) is 2. The Morgan fingerprint density at radius 3 is 2.42 bits per heavy atom. The molecule has 0 spiro atoms. The molecule has 0 amide bonds. The molecule has 0 fully saturated rings.